The van der Waals surface area contributed by atoms with Crippen molar-refractivity contribution < 1.29 is 4.74 Å². The third-order valence-electron chi connectivity index (χ3n) is 4.72. The van der Waals surface area contributed by atoms with Crippen molar-refractivity contribution in [3.8, 4) is 17.7 Å². The van der Waals surface area contributed by atoms with E-state index in [1.54, 1.807) is 6.20 Å². The molecule has 0 unspecified atom stereocenters. The van der Waals surface area contributed by atoms with Crippen molar-refractivity contribution in [2.45, 2.75) is 20.3 Å². The highest BCUT2D eigenvalue weighted by molar-refractivity contribution is 5.71. The van der Waals surface area contributed by atoms with Gasteiger partial charge in [0.15, 0.2) is 11.3 Å². The molecule has 6 nitrogen and oxygen atoms in total. The van der Waals surface area contributed by atoms with Crippen molar-refractivity contribution in [1.82, 2.24) is 19.9 Å². The van der Waals surface area contributed by atoms with Crippen LogP contribution in [0.4, 0.5) is 5.69 Å². The normalized spacial score (nSPS) is 10.7. The van der Waals surface area contributed by atoms with Crippen LogP contribution in [0.1, 0.15) is 31.5 Å². The molecule has 0 saturated heterocycles. The van der Waals surface area contributed by atoms with Gasteiger partial charge in [-0.25, -0.2) is 15.0 Å². The Morgan fingerprint density at radius 3 is 2.43 bits per heavy atom. The second-order valence-corrected chi connectivity index (χ2v) is 7.20. The van der Waals surface area contributed by atoms with Gasteiger partial charge in [0.2, 0.25) is 5.88 Å². The van der Waals surface area contributed by atoms with Crippen LogP contribution < -0.4 is 9.64 Å². The Labute approximate surface area is 178 Å². The van der Waals surface area contributed by atoms with Gasteiger partial charge in [0.25, 0.3) is 0 Å². The lowest BCUT2D eigenvalue weighted by Crippen LogP contribution is -2.21. The number of nitrogens with zero attached hydrogens (tertiary/aromatic N) is 5. The molecule has 3 aromatic rings. The van der Waals surface area contributed by atoms with Crippen molar-refractivity contribution in [3.05, 3.63) is 53.9 Å². The van der Waals surface area contributed by atoms with Crippen molar-refractivity contribution in [1.29, 1.82) is 0 Å². The fraction of sp³-hybridized carbons (Fsp3) is 0.375. The van der Waals surface area contributed by atoms with E-state index in [1.807, 2.05) is 38.4 Å². The zero-order valence-corrected chi connectivity index (χ0v) is 18.2. The summed E-state index contributed by atoms with van der Waals surface area (Å²) in [6.07, 6.45) is 2.61. The summed E-state index contributed by atoms with van der Waals surface area (Å²) in [6.45, 7) is 7.78. The highest BCUT2D eigenvalue weighted by Gasteiger charge is 2.09. The molecule has 2 heterocycles. The third kappa shape index (κ3) is 5.68. The molecule has 2 aromatic heterocycles. The van der Waals surface area contributed by atoms with Gasteiger partial charge in [0.05, 0.1) is 6.61 Å². The topological polar surface area (TPSA) is 54.4 Å². The van der Waals surface area contributed by atoms with Gasteiger partial charge in [-0.2, -0.15) is 0 Å². The van der Waals surface area contributed by atoms with Crippen LogP contribution in [-0.4, -0.2) is 60.2 Å². The summed E-state index contributed by atoms with van der Waals surface area (Å²) in [6, 6.07) is 12.0. The molecule has 3 rings (SSSR count). The molecule has 30 heavy (non-hydrogen) atoms. The first-order chi connectivity index (χ1) is 14.6. The molecular weight excluding hydrogens is 374 g/mol. The first-order valence-corrected chi connectivity index (χ1v) is 10.4. The van der Waals surface area contributed by atoms with Crippen LogP contribution in [0.15, 0.2) is 42.6 Å². The maximum Gasteiger partial charge on any atom is 0.249 e. The zero-order valence-electron chi connectivity index (χ0n) is 18.2. The largest absolute Gasteiger partial charge is 0.476 e. The number of fused-ring (bicyclic) bond motifs is 1. The number of aromatic nitrogens is 3. The molecule has 0 atom stereocenters. The molecule has 0 aliphatic heterocycles. The van der Waals surface area contributed by atoms with E-state index in [0.717, 1.165) is 31.6 Å². The Balaban J connectivity index is 1.84. The van der Waals surface area contributed by atoms with Gasteiger partial charge in [-0.1, -0.05) is 5.92 Å². The van der Waals surface area contributed by atoms with Crippen LogP contribution in [0.3, 0.4) is 0 Å². The highest BCUT2D eigenvalue weighted by Crippen LogP contribution is 2.18. The molecular formula is C24H29N5O. The Hall–Kier alpha value is -3.17. The number of hydrogen-bond donors (Lipinski definition) is 0. The van der Waals surface area contributed by atoms with E-state index >= 15 is 0 Å². The standard InChI is InChI=1S/C24H29N5O/c1-5-29(6-2)20-13-10-19(11-14-20)12-15-22-24(30-18-8-17-28(3)4)27-21-9-7-16-25-23(21)26-22/h7,9-11,13-14,16H,5-6,8,17-18H2,1-4H3. The van der Waals surface area contributed by atoms with Gasteiger partial charge in [-0.15, -0.1) is 0 Å². The third-order valence-corrected chi connectivity index (χ3v) is 4.72. The average Bonchev–Trinajstić information content (AvgIpc) is 2.76. The van der Waals surface area contributed by atoms with Crippen LogP contribution in [-0.2, 0) is 0 Å². The van der Waals surface area contributed by atoms with E-state index in [2.05, 4.69) is 62.6 Å². The lowest BCUT2D eigenvalue weighted by Gasteiger charge is -2.20. The molecule has 0 aliphatic carbocycles. The van der Waals surface area contributed by atoms with Crippen molar-refractivity contribution >= 4 is 16.9 Å². The second kappa shape index (κ2) is 10.6. The molecule has 0 bridgehead atoms. The first kappa shape index (κ1) is 21.5. The maximum absolute atomic E-state index is 5.93. The lowest BCUT2D eigenvalue weighted by molar-refractivity contribution is 0.272. The highest BCUT2D eigenvalue weighted by atomic mass is 16.5. The van der Waals surface area contributed by atoms with Crippen LogP contribution in [0, 0.1) is 11.8 Å². The molecule has 0 amide bonds. The first-order valence-electron chi connectivity index (χ1n) is 10.4. The number of hydrogen-bond acceptors (Lipinski definition) is 6. The predicted molar refractivity (Wildman–Crippen MR) is 122 cm³/mol. The monoisotopic (exact) mass is 403 g/mol. The number of benzene rings is 1. The van der Waals surface area contributed by atoms with Crippen molar-refractivity contribution in [3.63, 3.8) is 0 Å². The summed E-state index contributed by atoms with van der Waals surface area (Å²) >= 11 is 0. The smallest absolute Gasteiger partial charge is 0.249 e. The number of ether oxygens (including phenoxy) is 1. The molecule has 1 aromatic carbocycles. The van der Waals surface area contributed by atoms with Crippen molar-refractivity contribution in [2.75, 3.05) is 45.2 Å². The van der Waals surface area contributed by atoms with Gasteiger partial charge >= 0.3 is 0 Å². The molecule has 0 saturated carbocycles. The van der Waals surface area contributed by atoms with Crippen LogP contribution in [0.5, 0.6) is 5.88 Å². The van der Waals surface area contributed by atoms with Gasteiger partial charge in [0, 0.05) is 37.1 Å². The van der Waals surface area contributed by atoms with Gasteiger partial charge in [-0.3, -0.25) is 0 Å². The van der Waals surface area contributed by atoms with Gasteiger partial charge < -0.3 is 14.5 Å². The molecule has 0 fully saturated rings. The summed E-state index contributed by atoms with van der Waals surface area (Å²) in [5, 5.41) is 0. The van der Waals surface area contributed by atoms with Crippen LogP contribution in [0.2, 0.25) is 0 Å². The quantitative estimate of drug-likeness (QED) is 0.423. The number of rotatable bonds is 8. The molecule has 0 N–H and O–H groups in total. The van der Waals surface area contributed by atoms with Crippen LogP contribution in [0.25, 0.3) is 11.2 Å². The summed E-state index contributed by atoms with van der Waals surface area (Å²) in [5.41, 5.74) is 3.91. The average molecular weight is 404 g/mol. The summed E-state index contributed by atoms with van der Waals surface area (Å²) in [7, 11) is 4.09. The Bertz CT molecular complexity index is 1020. The van der Waals surface area contributed by atoms with E-state index in [-0.39, 0.29) is 0 Å². The minimum absolute atomic E-state index is 0.460. The van der Waals surface area contributed by atoms with E-state index in [4.69, 9.17) is 4.74 Å². The Kier molecular flexibility index (Phi) is 7.58. The van der Waals surface area contributed by atoms with Crippen LogP contribution >= 0.6 is 0 Å². The van der Waals surface area contributed by atoms with E-state index < -0.39 is 0 Å². The zero-order chi connectivity index (χ0) is 21.3. The second-order valence-electron chi connectivity index (χ2n) is 7.20. The predicted octanol–water partition coefficient (Wildman–Crippen LogP) is 3.60. The van der Waals surface area contributed by atoms with Gasteiger partial charge in [-0.05, 0) is 76.7 Å². The SMILES string of the molecule is CCN(CC)c1ccc(C#Cc2nc3ncccc3nc2OCCCN(C)C)cc1. The van der Waals surface area contributed by atoms with Gasteiger partial charge in [0.1, 0.15) is 5.52 Å². The lowest BCUT2D eigenvalue weighted by atomic mass is 10.2. The summed E-state index contributed by atoms with van der Waals surface area (Å²) in [4.78, 5) is 17.9. The fourth-order valence-electron chi connectivity index (χ4n) is 3.09. The molecule has 0 aliphatic rings. The van der Waals surface area contributed by atoms with Crippen molar-refractivity contribution in [2.24, 2.45) is 0 Å². The number of anilines is 1. The molecule has 0 radical (unpaired) electrons. The summed E-state index contributed by atoms with van der Waals surface area (Å²) < 4.78 is 5.93. The number of pyridine rings is 1. The Morgan fingerprint density at radius 1 is 0.967 bits per heavy atom. The van der Waals surface area contributed by atoms with E-state index in [1.165, 1.54) is 5.69 Å². The molecule has 156 valence electrons. The Morgan fingerprint density at radius 2 is 1.73 bits per heavy atom. The van der Waals surface area contributed by atoms with E-state index in [9.17, 15) is 0 Å². The minimum atomic E-state index is 0.460. The summed E-state index contributed by atoms with van der Waals surface area (Å²) in [5.74, 6) is 6.78. The molecule has 0 spiro atoms. The fourth-order valence-corrected chi connectivity index (χ4v) is 3.09. The maximum atomic E-state index is 5.93. The minimum Gasteiger partial charge on any atom is -0.476 e. The molecule has 6 heteroatoms. The van der Waals surface area contributed by atoms with E-state index in [0.29, 0.717) is 29.3 Å².